The lowest BCUT2D eigenvalue weighted by Gasteiger charge is -2.54. The molecule has 1 aromatic rings. The number of hydrogen-bond acceptors (Lipinski definition) is 3. The van der Waals surface area contributed by atoms with E-state index in [9.17, 15) is 0 Å². The van der Waals surface area contributed by atoms with Crippen LogP contribution in [0, 0.1) is 29.6 Å². The Hall–Kier alpha value is -1.25. The minimum atomic E-state index is 0.622. The Kier molecular flexibility index (Phi) is 2.68. The molecule has 4 fully saturated rings. The van der Waals surface area contributed by atoms with Crippen LogP contribution in [-0.2, 0) is 0 Å². The van der Waals surface area contributed by atoms with Gasteiger partial charge in [0.05, 0.1) is 12.3 Å². The Balaban J connectivity index is 1.45. The largest absolute Gasteiger partial charge is 0.476 e. The fourth-order valence-electron chi connectivity index (χ4n) is 5.01. The quantitative estimate of drug-likeness (QED) is 0.906. The van der Waals surface area contributed by atoms with Gasteiger partial charge in [-0.2, -0.15) is 0 Å². The smallest absolute Gasteiger partial charge is 0.237 e. The molecule has 1 heterocycles. The molecule has 3 nitrogen and oxygen atoms in total. The van der Waals surface area contributed by atoms with Crippen LogP contribution in [-0.4, -0.2) is 11.6 Å². The van der Waals surface area contributed by atoms with Crippen molar-refractivity contribution in [2.24, 2.45) is 29.6 Å². The molecule has 0 radical (unpaired) electrons. The third-order valence-corrected chi connectivity index (χ3v) is 5.64. The summed E-state index contributed by atoms with van der Waals surface area (Å²) in [7, 11) is 0. The van der Waals surface area contributed by atoms with Gasteiger partial charge in [0.1, 0.15) is 0 Å². The highest BCUT2D eigenvalue weighted by molar-refractivity contribution is 5.46. The molecule has 0 atom stereocenters. The van der Waals surface area contributed by atoms with Gasteiger partial charge in [0, 0.05) is 6.20 Å². The highest BCUT2D eigenvalue weighted by Gasteiger charge is 2.48. The molecule has 19 heavy (non-hydrogen) atoms. The molecule has 3 heteroatoms. The minimum absolute atomic E-state index is 0.622. The van der Waals surface area contributed by atoms with Crippen molar-refractivity contribution in [3.8, 4) is 5.88 Å². The van der Waals surface area contributed by atoms with Crippen LogP contribution in [0.1, 0.15) is 32.1 Å². The predicted octanol–water partition coefficient (Wildman–Crippen LogP) is 3.11. The van der Waals surface area contributed by atoms with Crippen molar-refractivity contribution in [2.75, 3.05) is 12.3 Å². The molecular weight excluding hydrogens is 236 g/mol. The van der Waals surface area contributed by atoms with Crippen LogP contribution in [0.2, 0.25) is 0 Å². The number of nitrogens with two attached hydrogens (primary N) is 1. The first kappa shape index (κ1) is 11.6. The maximum absolute atomic E-state index is 5.93. The first-order valence-electron chi connectivity index (χ1n) is 7.63. The lowest BCUT2D eigenvalue weighted by molar-refractivity contribution is -0.0533. The van der Waals surface area contributed by atoms with Crippen LogP contribution in [0.3, 0.4) is 0 Å². The Morgan fingerprint density at radius 1 is 1.11 bits per heavy atom. The number of nitrogens with zero attached hydrogens (tertiary/aromatic N) is 1. The van der Waals surface area contributed by atoms with E-state index in [2.05, 4.69) is 4.98 Å². The van der Waals surface area contributed by atoms with E-state index in [1.165, 1.54) is 32.1 Å². The fraction of sp³-hybridized carbons (Fsp3) is 0.688. The van der Waals surface area contributed by atoms with Gasteiger partial charge < -0.3 is 10.5 Å². The Bertz CT molecular complexity index is 446. The lowest BCUT2D eigenvalue weighted by atomic mass is 9.52. The van der Waals surface area contributed by atoms with Crippen molar-refractivity contribution in [1.82, 2.24) is 4.98 Å². The summed E-state index contributed by atoms with van der Waals surface area (Å²) in [6, 6.07) is 3.71. The number of pyridine rings is 1. The van der Waals surface area contributed by atoms with Crippen LogP contribution >= 0.6 is 0 Å². The molecule has 0 amide bonds. The van der Waals surface area contributed by atoms with Crippen molar-refractivity contribution in [3.05, 3.63) is 18.3 Å². The van der Waals surface area contributed by atoms with Gasteiger partial charge in [-0.3, -0.25) is 0 Å². The SMILES string of the molecule is Nc1cccnc1OCC1C2CC3CC(C2)CC1C3. The molecule has 5 rings (SSSR count). The lowest BCUT2D eigenvalue weighted by Crippen LogP contribution is -2.47. The summed E-state index contributed by atoms with van der Waals surface area (Å²) in [5.74, 6) is 5.23. The maximum Gasteiger partial charge on any atom is 0.237 e. The average molecular weight is 258 g/mol. The maximum atomic E-state index is 5.93. The standard InChI is InChI=1S/C16H22N2O/c17-15-2-1-3-18-16(15)19-9-14-12-5-10-4-11(7-12)8-13(14)6-10/h1-3,10-14H,4-9,17H2. The normalized spacial score (nSPS) is 39.5. The van der Waals surface area contributed by atoms with Crippen LogP contribution in [0.4, 0.5) is 5.69 Å². The van der Waals surface area contributed by atoms with Gasteiger partial charge in [-0.1, -0.05) is 0 Å². The van der Waals surface area contributed by atoms with E-state index in [4.69, 9.17) is 10.5 Å². The van der Waals surface area contributed by atoms with Gasteiger partial charge in [-0.25, -0.2) is 4.98 Å². The zero-order valence-corrected chi connectivity index (χ0v) is 11.3. The molecule has 4 bridgehead atoms. The predicted molar refractivity (Wildman–Crippen MR) is 74.7 cm³/mol. The van der Waals surface area contributed by atoms with Crippen molar-refractivity contribution in [1.29, 1.82) is 0 Å². The molecule has 0 aromatic carbocycles. The summed E-state index contributed by atoms with van der Waals surface area (Å²) in [6.07, 6.45) is 9.03. The summed E-state index contributed by atoms with van der Waals surface area (Å²) < 4.78 is 5.93. The Morgan fingerprint density at radius 3 is 2.42 bits per heavy atom. The van der Waals surface area contributed by atoms with Crippen molar-refractivity contribution in [3.63, 3.8) is 0 Å². The van der Waals surface area contributed by atoms with E-state index < -0.39 is 0 Å². The van der Waals surface area contributed by atoms with Crippen molar-refractivity contribution < 1.29 is 4.74 Å². The van der Waals surface area contributed by atoms with E-state index in [1.807, 2.05) is 12.1 Å². The van der Waals surface area contributed by atoms with Crippen LogP contribution in [0.5, 0.6) is 5.88 Å². The number of ether oxygens (including phenoxy) is 1. The first-order valence-corrected chi connectivity index (χ1v) is 7.63. The third-order valence-electron chi connectivity index (χ3n) is 5.64. The summed E-state index contributed by atoms with van der Waals surface area (Å²) in [5.41, 5.74) is 6.55. The number of aromatic nitrogens is 1. The molecule has 0 saturated heterocycles. The molecule has 102 valence electrons. The summed E-state index contributed by atoms with van der Waals surface area (Å²) in [5, 5.41) is 0. The molecule has 2 N–H and O–H groups in total. The molecule has 4 aliphatic rings. The molecule has 0 unspecified atom stereocenters. The topological polar surface area (TPSA) is 48.1 Å². The van der Waals surface area contributed by atoms with E-state index in [0.29, 0.717) is 11.6 Å². The summed E-state index contributed by atoms with van der Waals surface area (Å²) >= 11 is 0. The Labute approximate surface area is 114 Å². The van der Waals surface area contributed by atoms with Crippen molar-refractivity contribution in [2.45, 2.75) is 32.1 Å². The van der Waals surface area contributed by atoms with Gasteiger partial charge in [0.15, 0.2) is 0 Å². The fourth-order valence-corrected chi connectivity index (χ4v) is 5.01. The van der Waals surface area contributed by atoms with Crippen LogP contribution in [0.25, 0.3) is 0 Å². The Morgan fingerprint density at radius 2 is 1.79 bits per heavy atom. The van der Waals surface area contributed by atoms with Gasteiger partial charge in [-0.05, 0) is 73.8 Å². The molecular formula is C16H22N2O. The second-order valence-electron chi connectivity index (χ2n) is 6.80. The van der Waals surface area contributed by atoms with E-state index in [-0.39, 0.29) is 0 Å². The number of anilines is 1. The average Bonchev–Trinajstić information content (AvgIpc) is 2.39. The van der Waals surface area contributed by atoms with E-state index in [0.717, 1.165) is 36.2 Å². The molecule has 4 aliphatic carbocycles. The minimum Gasteiger partial charge on any atom is -0.476 e. The summed E-state index contributed by atoms with van der Waals surface area (Å²) in [6.45, 7) is 0.815. The molecule has 4 saturated carbocycles. The van der Waals surface area contributed by atoms with Gasteiger partial charge >= 0.3 is 0 Å². The first-order chi connectivity index (χ1) is 9.29. The highest BCUT2D eigenvalue weighted by atomic mass is 16.5. The van der Waals surface area contributed by atoms with Crippen LogP contribution < -0.4 is 10.5 Å². The van der Waals surface area contributed by atoms with E-state index in [1.54, 1.807) is 6.20 Å². The molecule has 0 spiro atoms. The molecule has 1 aromatic heterocycles. The molecule has 0 aliphatic heterocycles. The van der Waals surface area contributed by atoms with Gasteiger partial charge in [0.2, 0.25) is 5.88 Å². The van der Waals surface area contributed by atoms with Gasteiger partial charge in [-0.15, -0.1) is 0 Å². The van der Waals surface area contributed by atoms with Crippen molar-refractivity contribution >= 4 is 5.69 Å². The monoisotopic (exact) mass is 258 g/mol. The van der Waals surface area contributed by atoms with E-state index >= 15 is 0 Å². The van der Waals surface area contributed by atoms with Crippen LogP contribution in [0.15, 0.2) is 18.3 Å². The summed E-state index contributed by atoms with van der Waals surface area (Å²) in [4.78, 5) is 4.23. The van der Waals surface area contributed by atoms with Gasteiger partial charge in [0.25, 0.3) is 0 Å². The zero-order valence-electron chi connectivity index (χ0n) is 11.3. The number of nitrogen functional groups attached to an aromatic ring is 1. The second-order valence-corrected chi connectivity index (χ2v) is 6.80. The third kappa shape index (κ3) is 1.99. The second kappa shape index (κ2) is 4.39. The number of rotatable bonds is 3. The zero-order chi connectivity index (χ0) is 12.8. The number of hydrogen-bond donors (Lipinski definition) is 1. The highest BCUT2D eigenvalue weighted by Crippen LogP contribution is 2.56.